The molecule has 1 saturated heterocycles. The lowest BCUT2D eigenvalue weighted by Gasteiger charge is -2.34. The number of anilines is 1. The molecule has 0 aliphatic carbocycles. The number of hydrazine groups is 1. The van der Waals surface area contributed by atoms with Crippen molar-refractivity contribution >= 4 is 17.6 Å². The molecule has 168 valence electrons. The molecule has 2 bridgehead atoms. The van der Waals surface area contributed by atoms with Crippen molar-refractivity contribution in [2.24, 2.45) is 0 Å². The highest BCUT2D eigenvalue weighted by molar-refractivity contribution is 5.78. The Morgan fingerprint density at radius 1 is 1.32 bits per heavy atom. The molecular formula is C20H26F3N7O. The Morgan fingerprint density at radius 3 is 2.74 bits per heavy atom. The summed E-state index contributed by atoms with van der Waals surface area (Å²) in [6.45, 7) is 3.26. The quantitative estimate of drug-likeness (QED) is 0.672. The third kappa shape index (κ3) is 4.46. The largest absolute Gasteiger partial charge is 0.405 e. The second-order valence-corrected chi connectivity index (χ2v) is 8.18. The molecule has 1 aromatic rings. The maximum atomic E-state index is 12.5. The first-order valence-corrected chi connectivity index (χ1v) is 10.2. The van der Waals surface area contributed by atoms with Crippen molar-refractivity contribution in [2.45, 2.75) is 51.4 Å². The van der Waals surface area contributed by atoms with Crippen molar-refractivity contribution in [3.05, 3.63) is 34.9 Å². The maximum absolute atomic E-state index is 12.5. The van der Waals surface area contributed by atoms with Gasteiger partial charge in [0.2, 0.25) is 5.95 Å². The highest BCUT2D eigenvalue weighted by Gasteiger charge is 2.41. The monoisotopic (exact) mass is 437 g/mol. The maximum Gasteiger partial charge on any atom is 0.405 e. The number of hydrogen-bond acceptors (Lipinski definition) is 6. The van der Waals surface area contributed by atoms with Crippen LogP contribution in [0.25, 0.3) is 5.57 Å². The van der Waals surface area contributed by atoms with Crippen LogP contribution in [0.4, 0.5) is 23.9 Å². The number of fused-ring (bicyclic) bond motifs is 2. The lowest BCUT2D eigenvalue weighted by Crippen LogP contribution is -2.50. The normalized spacial score (nSPS) is 23.4. The lowest BCUT2D eigenvalue weighted by molar-refractivity contribution is -0.123. The first-order valence-electron chi connectivity index (χ1n) is 10.2. The van der Waals surface area contributed by atoms with E-state index in [4.69, 9.17) is 4.98 Å². The van der Waals surface area contributed by atoms with Crippen LogP contribution >= 0.6 is 0 Å². The summed E-state index contributed by atoms with van der Waals surface area (Å²) in [6, 6.07) is -1.03. The van der Waals surface area contributed by atoms with E-state index in [0.29, 0.717) is 18.9 Å². The number of carbonyl (C=O) groups excluding carboxylic acids is 1. The highest BCUT2D eigenvalue weighted by atomic mass is 19.4. The molecule has 0 spiro atoms. The molecule has 4 rings (SSSR count). The fourth-order valence-corrected chi connectivity index (χ4v) is 4.33. The zero-order valence-electron chi connectivity index (χ0n) is 17.7. The van der Waals surface area contributed by atoms with Crippen molar-refractivity contribution in [2.75, 3.05) is 25.5 Å². The van der Waals surface area contributed by atoms with Crippen molar-refractivity contribution in [3.63, 3.8) is 0 Å². The van der Waals surface area contributed by atoms with Crippen molar-refractivity contribution in [1.82, 2.24) is 30.6 Å². The van der Waals surface area contributed by atoms with Gasteiger partial charge < -0.3 is 20.5 Å². The average molecular weight is 437 g/mol. The standard InChI is InChI=1S/C20H26F3N7O/c1-11-8-24-18(27-16-9-26-29(3)12(16)2)28-17(11)13-6-14-4-5-15(7-13)30(14)19(31)25-10-20(21,22)23/h6,8,14-15,26H,4-5,7,9-10H2,1-3H3,(H,25,31)(H,24,27,28). The van der Waals surface area contributed by atoms with Gasteiger partial charge in [-0.05, 0) is 44.2 Å². The van der Waals surface area contributed by atoms with E-state index in [1.54, 1.807) is 11.1 Å². The Hall–Kier alpha value is -2.82. The van der Waals surface area contributed by atoms with Crippen LogP contribution in [-0.2, 0) is 0 Å². The number of alkyl halides is 3. The Bertz CT molecular complexity index is 943. The zero-order chi connectivity index (χ0) is 22.3. The smallest absolute Gasteiger partial charge is 0.329 e. The second-order valence-electron chi connectivity index (χ2n) is 8.18. The van der Waals surface area contributed by atoms with Gasteiger partial charge >= 0.3 is 12.2 Å². The first-order chi connectivity index (χ1) is 14.6. The Kier molecular flexibility index (Phi) is 5.54. The lowest BCUT2D eigenvalue weighted by atomic mass is 9.96. The minimum absolute atomic E-state index is 0.137. The zero-order valence-corrected chi connectivity index (χ0v) is 17.7. The van der Waals surface area contributed by atoms with E-state index >= 15 is 0 Å². The summed E-state index contributed by atoms with van der Waals surface area (Å²) in [4.78, 5) is 23.0. The number of nitrogens with one attached hydrogen (secondary N) is 3. The van der Waals surface area contributed by atoms with Gasteiger partial charge in [0.15, 0.2) is 0 Å². The van der Waals surface area contributed by atoms with E-state index in [0.717, 1.165) is 41.1 Å². The predicted molar refractivity (Wildman–Crippen MR) is 110 cm³/mol. The molecule has 4 heterocycles. The number of rotatable bonds is 4. The number of halogens is 3. The van der Waals surface area contributed by atoms with Crippen molar-refractivity contribution in [3.8, 4) is 0 Å². The van der Waals surface area contributed by atoms with Gasteiger partial charge in [0.05, 0.1) is 24.0 Å². The number of hydrogen-bond donors (Lipinski definition) is 3. The number of allylic oxidation sites excluding steroid dienone is 1. The molecule has 2 unspecified atom stereocenters. The van der Waals surface area contributed by atoms with Crippen molar-refractivity contribution in [1.29, 1.82) is 0 Å². The molecule has 0 aromatic carbocycles. The molecule has 11 heteroatoms. The van der Waals surface area contributed by atoms with Crippen LogP contribution in [-0.4, -0.2) is 64.3 Å². The van der Waals surface area contributed by atoms with Gasteiger partial charge in [-0.15, -0.1) is 0 Å². The van der Waals surface area contributed by atoms with E-state index in [-0.39, 0.29) is 12.1 Å². The van der Waals surface area contributed by atoms with Crippen LogP contribution in [0.1, 0.15) is 37.4 Å². The van der Waals surface area contributed by atoms with Gasteiger partial charge in [0, 0.05) is 25.0 Å². The molecule has 1 aromatic heterocycles. The molecule has 3 aliphatic rings. The summed E-state index contributed by atoms with van der Waals surface area (Å²) in [5.74, 6) is 0.491. The van der Waals surface area contributed by atoms with Gasteiger partial charge in [-0.3, -0.25) is 0 Å². The molecule has 1 fully saturated rings. The number of nitrogens with zero attached hydrogens (tertiary/aromatic N) is 4. The summed E-state index contributed by atoms with van der Waals surface area (Å²) < 4.78 is 37.4. The fourth-order valence-electron chi connectivity index (χ4n) is 4.33. The summed E-state index contributed by atoms with van der Waals surface area (Å²) in [7, 11) is 1.94. The van der Waals surface area contributed by atoms with E-state index in [2.05, 4.69) is 15.7 Å². The minimum atomic E-state index is -4.43. The topological polar surface area (TPSA) is 85.4 Å². The van der Waals surface area contributed by atoms with Crippen LogP contribution in [0.2, 0.25) is 0 Å². The van der Waals surface area contributed by atoms with E-state index in [1.165, 1.54) is 0 Å². The van der Waals surface area contributed by atoms with Crippen LogP contribution in [0.5, 0.6) is 0 Å². The third-order valence-corrected chi connectivity index (χ3v) is 6.04. The molecule has 3 N–H and O–H groups in total. The predicted octanol–water partition coefficient (Wildman–Crippen LogP) is 2.77. The van der Waals surface area contributed by atoms with Gasteiger partial charge in [-0.2, -0.15) is 13.2 Å². The van der Waals surface area contributed by atoms with Gasteiger partial charge in [0.1, 0.15) is 6.54 Å². The summed E-state index contributed by atoms with van der Waals surface area (Å²) in [6.07, 6.45) is 1.34. The van der Waals surface area contributed by atoms with Gasteiger partial charge in [-0.25, -0.2) is 20.2 Å². The Morgan fingerprint density at radius 2 is 2.10 bits per heavy atom. The molecule has 2 amide bonds. The summed E-state index contributed by atoms with van der Waals surface area (Å²) >= 11 is 0. The molecule has 2 atom stereocenters. The Balaban J connectivity index is 1.52. The van der Waals surface area contributed by atoms with E-state index in [1.807, 2.05) is 37.3 Å². The summed E-state index contributed by atoms with van der Waals surface area (Å²) in [5.41, 5.74) is 7.97. The number of aromatic nitrogens is 2. The first kappa shape index (κ1) is 21.4. The SMILES string of the molecule is CC1=C(Nc2ncc(C)c(C3=CC4CCC(C3)N4C(=O)NCC(F)(F)F)n2)CNN1C. The van der Waals surface area contributed by atoms with E-state index < -0.39 is 18.8 Å². The van der Waals surface area contributed by atoms with Gasteiger partial charge in [0.25, 0.3) is 0 Å². The minimum Gasteiger partial charge on any atom is -0.329 e. The molecule has 31 heavy (non-hydrogen) atoms. The second kappa shape index (κ2) is 8.03. The van der Waals surface area contributed by atoms with Crippen LogP contribution in [0, 0.1) is 6.92 Å². The fraction of sp³-hybridized carbons (Fsp3) is 0.550. The average Bonchev–Trinajstić information content (AvgIpc) is 3.16. The number of amides is 2. The molecular weight excluding hydrogens is 411 g/mol. The Labute approximate surface area is 178 Å². The molecule has 0 saturated carbocycles. The number of aryl methyl sites for hydroxylation is 1. The van der Waals surface area contributed by atoms with E-state index in [9.17, 15) is 18.0 Å². The van der Waals surface area contributed by atoms with Gasteiger partial charge in [-0.1, -0.05) is 6.08 Å². The van der Waals surface area contributed by atoms with Crippen molar-refractivity contribution < 1.29 is 18.0 Å². The van der Waals surface area contributed by atoms with Crippen LogP contribution in [0.15, 0.2) is 23.7 Å². The van der Waals surface area contributed by atoms with Crippen LogP contribution < -0.4 is 16.1 Å². The summed E-state index contributed by atoms with van der Waals surface area (Å²) in [5, 5.41) is 7.19. The third-order valence-electron chi connectivity index (χ3n) is 6.04. The number of urea groups is 1. The molecule has 8 nitrogen and oxygen atoms in total. The van der Waals surface area contributed by atoms with Crippen LogP contribution in [0.3, 0.4) is 0 Å². The molecule has 3 aliphatic heterocycles. The molecule has 0 radical (unpaired) electrons. The number of carbonyl (C=O) groups is 1. The highest BCUT2D eigenvalue weighted by Crippen LogP contribution is 2.39.